The van der Waals surface area contributed by atoms with Crippen LogP contribution in [0.3, 0.4) is 0 Å². The maximum absolute atomic E-state index is 9.70. The first-order chi connectivity index (χ1) is 7.22. The highest BCUT2D eigenvalue weighted by Crippen LogP contribution is 2.13. The van der Waals surface area contributed by atoms with Gasteiger partial charge in [-0.1, -0.05) is 23.7 Å². The smallest absolute Gasteiger partial charge is 0.0580 e. The van der Waals surface area contributed by atoms with E-state index in [-0.39, 0.29) is 6.10 Å². The molecule has 0 bridgehead atoms. The summed E-state index contributed by atoms with van der Waals surface area (Å²) >= 11 is 5.77. The molecule has 0 aromatic heterocycles. The molecule has 2 heteroatoms. The molecule has 0 aliphatic carbocycles. The first-order valence-electron chi connectivity index (χ1n) is 5.08. The molecule has 1 aromatic carbocycles. The van der Waals surface area contributed by atoms with Gasteiger partial charge in [0, 0.05) is 11.4 Å². The second-order valence-corrected chi connectivity index (χ2v) is 4.02. The molecule has 0 aliphatic heterocycles. The fourth-order valence-corrected chi connectivity index (χ4v) is 1.56. The minimum Gasteiger partial charge on any atom is -0.393 e. The molecule has 1 atom stereocenters. The summed E-state index contributed by atoms with van der Waals surface area (Å²) < 4.78 is 0. The lowest BCUT2D eigenvalue weighted by atomic mass is 10.0. The molecule has 0 heterocycles. The maximum Gasteiger partial charge on any atom is 0.0580 e. The number of halogens is 1. The van der Waals surface area contributed by atoms with Gasteiger partial charge < -0.3 is 5.11 Å². The zero-order chi connectivity index (χ0) is 11.1. The summed E-state index contributed by atoms with van der Waals surface area (Å²) in [5.74, 6) is 2.57. The van der Waals surface area contributed by atoms with Gasteiger partial charge in [-0.05, 0) is 37.0 Å². The lowest BCUT2D eigenvalue weighted by Crippen LogP contribution is -2.09. The third kappa shape index (κ3) is 4.88. The maximum atomic E-state index is 9.70. The molecule has 0 saturated heterocycles. The van der Waals surface area contributed by atoms with E-state index in [1.807, 2.05) is 24.3 Å². The van der Waals surface area contributed by atoms with Crippen molar-refractivity contribution in [2.24, 2.45) is 0 Å². The van der Waals surface area contributed by atoms with Gasteiger partial charge in [0.1, 0.15) is 0 Å². The van der Waals surface area contributed by atoms with Crippen LogP contribution >= 0.6 is 11.6 Å². The predicted octanol–water partition coefficient (Wildman–Crippen LogP) is 3.05. The Morgan fingerprint density at radius 1 is 1.33 bits per heavy atom. The molecule has 1 rings (SSSR count). The minimum absolute atomic E-state index is 0.306. The normalized spacial score (nSPS) is 12.1. The van der Waals surface area contributed by atoms with Crippen molar-refractivity contribution >= 4 is 11.6 Å². The van der Waals surface area contributed by atoms with Crippen molar-refractivity contribution in [2.45, 2.75) is 31.8 Å². The fraction of sp³-hybridized carbons (Fsp3) is 0.385. The number of aliphatic hydroxyl groups excluding tert-OH is 1. The first kappa shape index (κ1) is 12.1. The van der Waals surface area contributed by atoms with E-state index in [9.17, 15) is 5.11 Å². The number of hydrogen-bond donors (Lipinski definition) is 1. The largest absolute Gasteiger partial charge is 0.393 e. The van der Waals surface area contributed by atoms with Crippen molar-refractivity contribution in [1.82, 2.24) is 0 Å². The Balaban J connectivity index is 2.34. The predicted molar refractivity (Wildman–Crippen MR) is 63.8 cm³/mol. The Morgan fingerprint density at radius 2 is 2.00 bits per heavy atom. The average molecular weight is 223 g/mol. The van der Waals surface area contributed by atoms with Crippen LogP contribution < -0.4 is 0 Å². The van der Waals surface area contributed by atoms with Crippen LogP contribution in [0.5, 0.6) is 0 Å². The van der Waals surface area contributed by atoms with Crippen molar-refractivity contribution in [1.29, 1.82) is 0 Å². The zero-order valence-corrected chi connectivity index (χ0v) is 9.37. The van der Waals surface area contributed by atoms with Crippen LogP contribution in [0.4, 0.5) is 0 Å². The monoisotopic (exact) mass is 222 g/mol. The molecule has 0 radical (unpaired) electrons. The molecule has 0 amide bonds. The minimum atomic E-state index is -0.306. The van der Waals surface area contributed by atoms with Gasteiger partial charge in [-0.2, -0.15) is 0 Å². The Labute approximate surface area is 96.1 Å². The lowest BCUT2D eigenvalue weighted by Gasteiger charge is -2.09. The van der Waals surface area contributed by atoms with Crippen molar-refractivity contribution in [2.75, 3.05) is 0 Å². The van der Waals surface area contributed by atoms with Gasteiger partial charge in [-0.25, -0.2) is 0 Å². The summed E-state index contributed by atoms with van der Waals surface area (Å²) in [6.07, 6.45) is 7.87. The van der Waals surface area contributed by atoms with Crippen LogP contribution in [0.1, 0.15) is 24.8 Å². The summed E-state index contributed by atoms with van der Waals surface area (Å²) in [5, 5.41) is 10.4. The fourth-order valence-electron chi connectivity index (χ4n) is 1.43. The van der Waals surface area contributed by atoms with E-state index in [4.69, 9.17) is 18.0 Å². The molecule has 80 valence electrons. The van der Waals surface area contributed by atoms with Crippen molar-refractivity contribution in [3.05, 3.63) is 34.9 Å². The van der Waals surface area contributed by atoms with Gasteiger partial charge in [0.2, 0.25) is 0 Å². The lowest BCUT2D eigenvalue weighted by molar-refractivity contribution is 0.162. The summed E-state index contributed by atoms with van der Waals surface area (Å²) in [4.78, 5) is 0. The first-order valence-corrected chi connectivity index (χ1v) is 5.46. The molecule has 1 aromatic rings. The number of unbranched alkanes of at least 4 members (excludes halogenated alkanes) is 1. The SMILES string of the molecule is C#CCCCC(O)Cc1ccc(Cl)cc1. The standard InChI is InChI=1S/C13H15ClO/c1-2-3-4-5-13(15)10-11-6-8-12(14)9-7-11/h1,6-9,13,15H,3-5,10H2. The van der Waals surface area contributed by atoms with Crippen LogP contribution in [0.25, 0.3) is 0 Å². The van der Waals surface area contributed by atoms with E-state index >= 15 is 0 Å². The number of hydrogen-bond acceptors (Lipinski definition) is 1. The highest BCUT2D eigenvalue weighted by atomic mass is 35.5. The molecule has 1 nitrogen and oxygen atoms in total. The van der Waals surface area contributed by atoms with Crippen molar-refractivity contribution < 1.29 is 5.11 Å². The molecule has 1 N–H and O–H groups in total. The van der Waals surface area contributed by atoms with Crippen LogP contribution in [0.15, 0.2) is 24.3 Å². The molecule has 0 fully saturated rings. The van der Waals surface area contributed by atoms with Gasteiger partial charge in [-0.3, -0.25) is 0 Å². The quantitative estimate of drug-likeness (QED) is 0.600. The van der Waals surface area contributed by atoms with E-state index in [0.29, 0.717) is 6.42 Å². The third-order valence-electron chi connectivity index (χ3n) is 2.24. The summed E-state index contributed by atoms with van der Waals surface area (Å²) in [6.45, 7) is 0. The van der Waals surface area contributed by atoms with Crippen LogP contribution in [0, 0.1) is 12.3 Å². The number of aliphatic hydroxyl groups is 1. The van der Waals surface area contributed by atoms with Gasteiger partial charge in [0.05, 0.1) is 6.10 Å². The summed E-state index contributed by atoms with van der Waals surface area (Å²) in [5.41, 5.74) is 1.10. The average Bonchev–Trinajstić information content (AvgIpc) is 2.22. The van der Waals surface area contributed by atoms with Crippen LogP contribution in [-0.2, 0) is 6.42 Å². The van der Waals surface area contributed by atoms with Gasteiger partial charge in [-0.15, -0.1) is 12.3 Å². The van der Waals surface area contributed by atoms with Gasteiger partial charge in [0.15, 0.2) is 0 Å². The topological polar surface area (TPSA) is 20.2 Å². The van der Waals surface area contributed by atoms with Crippen molar-refractivity contribution in [3.63, 3.8) is 0 Å². The van der Waals surface area contributed by atoms with E-state index in [0.717, 1.165) is 29.8 Å². The Morgan fingerprint density at radius 3 is 2.60 bits per heavy atom. The number of rotatable bonds is 5. The van der Waals surface area contributed by atoms with E-state index in [1.165, 1.54) is 0 Å². The van der Waals surface area contributed by atoms with Gasteiger partial charge >= 0.3 is 0 Å². The highest BCUT2D eigenvalue weighted by molar-refractivity contribution is 6.30. The molecule has 0 aliphatic rings. The number of benzene rings is 1. The van der Waals surface area contributed by atoms with Crippen molar-refractivity contribution in [3.8, 4) is 12.3 Å². The Hall–Kier alpha value is -0.970. The summed E-state index contributed by atoms with van der Waals surface area (Å²) in [7, 11) is 0. The van der Waals surface area contributed by atoms with Gasteiger partial charge in [0.25, 0.3) is 0 Å². The van der Waals surface area contributed by atoms with Crippen LogP contribution in [-0.4, -0.2) is 11.2 Å². The molecular formula is C13H15ClO. The van der Waals surface area contributed by atoms with E-state index in [1.54, 1.807) is 0 Å². The zero-order valence-electron chi connectivity index (χ0n) is 8.62. The molecule has 1 unspecified atom stereocenters. The van der Waals surface area contributed by atoms with Crippen LogP contribution in [0.2, 0.25) is 5.02 Å². The van der Waals surface area contributed by atoms with E-state index < -0.39 is 0 Å². The highest BCUT2D eigenvalue weighted by Gasteiger charge is 2.04. The molecule has 15 heavy (non-hydrogen) atoms. The molecule has 0 saturated carbocycles. The second kappa shape index (κ2) is 6.50. The molecule has 0 spiro atoms. The Bertz CT molecular complexity index is 323. The number of terminal acetylenes is 1. The third-order valence-corrected chi connectivity index (χ3v) is 2.50. The summed E-state index contributed by atoms with van der Waals surface area (Å²) in [6, 6.07) is 7.55. The van der Waals surface area contributed by atoms with E-state index in [2.05, 4.69) is 5.92 Å². The Kier molecular flexibility index (Phi) is 5.25. The second-order valence-electron chi connectivity index (χ2n) is 3.58. The molecular weight excluding hydrogens is 208 g/mol.